The summed E-state index contributed by atoms with van der Waals surface area (Å²) in [5, 5.41) is 4.43. The van der Waals surface area contributed by atoms with E-state index in [-0.39, 0.29) is 0 Å². The van der Waals surface area contributed by atoms with Crippen LogP contribution < -0.4 is 10.2 Å². The van der Waals surface area contributed by atoms with Crippen LogP contribution in [0.4, 0.5) is 5.69 Å². The Hall–Kier alpha value is -0.730. The summed E-state index contributed by atoms with van der Waals surface area (Å²) in [5.74, 6) is 0. The van der Waals surface area contributed by atoms with E-state index in [0.717, 1.165) is 24.7 Å². The van der Waals surface area contributed by atoms with Crippen LogP contribution in [0, 0.1) is 6.92 Å². The van der Waals surface area contributed by atoms with E-state index in [0.29, 0.717) is 6.04 Å². The Balaban J connectivity index is 2.27. The molecule has 1 aromatic carbocycles. The molecule has 0 saturated carbocycles. The molecule has 1 aliphatic rings. The van der Waals surface area contributed by atoms with E-state index in [1.165, 1.54) is 36.1 Å². The Morgan fingerprint density at radius 2 is 1.89 bits per heavy atom. The standard InChI is InChI=1S/C16H25ClN2/c1-12(2)18-11-14-15(8-7-13(3)16(14)17)19-9-5-4-6-10-19/h7-8,12,18H,4-6,9-11H2,1-3H3. The van der Waals surface area contributed by atoms with Crippen molar-refractivity contribution in [3.05, 3.63) is 28.3 Å². The molecule has 19 heavy (non-hydrogen) atoms. The third kappa shape index (κ3) is 3.64. The second kappa shape index (κ2) is 6.62. The monoisotopic (exact) mass is 280 g/mol. The second-order valence-corrected chi connectivity index (χ2v) is 6.16. The molecule has 106 valence electrons. The predicted octanol–water partition coefficient (Wildman–Crippen LogP) is 4.14. The van der Waals surface area contributed by atoms with Crippen molar-refractivity contribution in [2.45, 2.75) is 52.6 Å². The fraction of sp³-hybridized carbons (Fsp3) is 0.625. The van der Waals surface area contributed by atoms with Crippen molar-refractivity contribution in [3.8, 4) is 0 Å². The van der Waals surface area contributed by atoms with Crippen molar-refractivity contribution in [1.29, 1.82) is 0 Å². The summed E-state index contributed by atoms with van der Waals surface area (Å²) in [4.78, 5) is 2.49. The average Bonchev–Trinajstić information content (AvgIpc) is 2.41. The highest BCUT2D eigenvalue weighted by Crippen LogP contribution is 2.32. The third-order valence-electron chi connectivity index (χ3n) is 3.80. The number of aryl methyl sites for hydroxylation is 1. The first-order valence-electron chi connectivity index (χ1n) is 7.36. The van der Waals surface area contributed by atoms with Crippen LogP contribution in [0.15, 0.2) is 12.1 Å². The van der Waals surface area contributed by atoms with Gasteiger partial charge in [0.05, 0.1) is 5.02 Å². The maximum absolute atomic E-state index is 6.53. The van der Waals surface area contributed by atoms with Gasteiger partial charge in [-0.2, -0.15) is 0 Å². The molecule has 2 rings (SSSR count). The van der Waals surface area contributed by atoms with Gasteiger partial charge in [-0.05, 0) is 37.8 Å². The van der Waals surface area contributed by atoms with Crippen molar-refractivity contribution in [1.82, 2.24) is 5.32 Å². The lowest BCUT2D eigenvalue weighted by Crippen LogP contribution is -2.31. The zero-order chi connectivity index (χ0) is 13.8. The average molecular weight is 281 g/mol. The molecule has 1 aliphatic heterocycles. The highest BCUT2D eigenvalue weighted by atomic mass is 35.5. The molecule has 1 fully saturated rings. The molecule has 1 heterocycles. The highest BCUT2D eigenvalue weighted by molar-refractivity contribution is 6.32. The van der Waals surface area contributed by atoms with E-state index in [9.17, 15) is 0 Å². The first-order valence-corrected chi connectivity index (χ1v) is 7.73. The van der Waals surface area contributed by atoms with Crippen LogP contribution in [-0.4, -0.2) is 19.1 Å². The molecule has 3 heteroatoms. The number of benzene rings is 1. The Morgan fingerprint density at radius 1 is 1.21 bits per heavy atom. The molecule has 0 unspecified atom stereocenters. The molecule has 1 N–H and O–H groups in total. The number of hydrogen-bond acceptors (Lipinski definition) is 2. The lowest BCUT2D eigenvalue weighted by atomic mass is 10.0. The number of nitrogens with one attached hydrogen (secondary N) is 1. The Bertz CT molecular complexity index is 423. The first kappa shape index (κ1) is 14.7. The largest absolute Gasteiger partial charge is 0.371 e. The molecular formula is C16H25ClN2. The normalized spacial score (nSPS) is 16.2. The Morgan fingerprint density at radius 3 is 2.53 bits per heavy atom. The fourth-order valence-corrected chi connectivity index (χ4v) is 2.86. The summed E-state index contributed by atoms with van der Waals surface area (Å²) < 4.78 is 0. The summed E-state index contributed by atoms with van der Waals surface area (Å²) in [7, 11) is 0. The van der Waals surface area contributed by atoms with E-state index in [1.54, 1.807) is 0 Å². The van der Waals surface area contributed by atoms with Gasteiger partial charge in [-0.25, -0.2) is 0 Å². The highest BCUT2D eigenvalue weighted by Gasteiger charge is 2.17. The zero-order valence-electron chi connectivity index (χ0n) is 12.3. The van der Waals surface area contributed by atoms with Gasteiger partial charge >= 0.3 is 0 Å². The topological polar surface area (TPSA) is 15.3 Å². The maximum Gasteiger partial charge on any atom is 0.0500 e. The van der Waals surface area contributed by atoms with Gasteiger partial charge in [0.2, 0.25) is 0 Å². The summed E-state index contributed by atoms with van der Waals surface area (Å²) in [6, 6.07) is 4.86. The zero-order valence-corrected chi connectivity index (χ0v) is 13.1. The van der Waals surface area contributed by atoms with Gasteiger partial charge in [0.15, 0.2) is 0 Å². The van der Waals surface area contributed by atoms with Crippen LogP contribution in [0.5, 0.6) is 0 Å². The van der Waals surface area contributed by atoms with Gasteiger partial charge in [0, 0.05) is 36.9 Å². The van der Waals surface area contributed by atoms with Crippen LogP contribution in [0.25, 0.3) is 0 Å². The van der Waals surface area contributed by atoms with Crippen molar-refractivity contribution in [2.75, 3.05) is 18.0 Å². The molecule has 0 amide bonds. The number of nitrogens with zero attached hydrogens (tertiary/aromatic N) is 1. The molecule has 0 bridgehead atoms. The van der Waals surface area contributed by atoms with E-state index in [2.05, 4.69) is 43.1 Å². The summed E-state index contributed by atoms with van der Waals surface area (Å²) in [6.07, 6.45) is 3.95. The van der Waals surface area contributed by atoms with Gasteiger partial charge in [0.1, 0.15) is 0 Å². The van der Waals surface area contributed by atoms with Crippen LogP contribution in [0.1, 0.15) is 44.2 Å². The van der Waals surface area contributed by atoms with E-state index < -0.39 is 0 Å². The smallest absolute Gasteiger partial charge is 0.0500 e. The molecule has 2 nitrogen and oxygen atoms in total. The molecule has 0 aliphatic carbocycles. The molecule has 0 atom stereocenters. The number of anilines is 1. The number of rotatable bonds is 4. The minimum atomic E-state index is 0.478. The molecule has 0 aromatic heterocycles. The predicted molar refractivity (Wildman–Crippen MR) is 84.2 cm³/mol. The lowest BCUT2D eigenvalue weighted by molar-refractivity contribution is 0.566. The van der Waals surface area contributed by atoms with E-state index in [4.69, 9.17) is 11.6 Å². The van der Waals surface area contributed by atoms with Crippen molar-refractivity contribution in [2.24, 2.45) is 0 Å². The Labute approximate surface area is 122 Å². The quantitative estimate of drug-likeness (QED) is 0.892. The number of hydrogen-bond donors (Lipinski definition) is 1. The van der Waals surface area contributed by atoms with Gasteiger partial charge < -0.3 is 10.2 Å². The third-order valence-corrected chi connectivity index (χ3v) is 4.32. The van der Waals surface area contributed by atoms with E-state index >= 15 is 0 Å². The minimum Gasteiger partial charge on any atom is -0.371 e. The minimum absolute atomic E-state index is 0.478. The summed E-state index contributed by atoms with van der Waals surface area (Å²) in [6.45, 7) is 9.60. The van der Waals surface area contributed by atoms with E-state index in [1.807, 2.05) is 0 Å². The van der Waals surface area contributed by atoms with Crippen LogP contribution in [-0.2, 0) is 6.54 Å². The molecule has 0 spiro atoms. The second-order valence-electron chi connectivity index (χ2n) is 5.78. The maximum atomic E-state index is 6.53. The summed E-state index contributed by atoms with van der Waals surface area (Å²) >= 11 is 6.53. The molecule has 0 radical (unpaired) electrons. The van der Waals surface area contributed by atoms with Gasteiger partial charge in [-0.1, -0.05) is 31.5 Å². The number of piperidine rings is 1. The van der Waals surface area contributed by atoms with Crippen LogP contribution in [0.3, 0.4) is 0 Å². The van der Waals surface area contributed by atoms with Gasteiger partial charge in [-0.3, -0.25) is 0 Å². The molecule has 1 aromatic rings. The van der Waals surface area contributed by atoms with Crippen LogP contribution in [0.2, 0.25) is 5.02 Å². The first-order chi connectivity index (χ1) is 9.09. The summed E-state index contributed by atoms with van der Waals surface area (Å²) in [5.41, 5.74) is 3.75. The van der Waals surface area contributed by atoms with Crippen LogP contribution >= 0.6 is 11.6 Å². The lowest BCUT2D eigenvalue weighted by Gasteiger charge is -2.31. The van der Waals surface area contributed by atoms with Crippen molar-refractivity contribution < 1.29 is 0 Å². The fourth-order valence-electron chi connectivity index (χ4n) is 2.63. The SMILES string of the molecule is Cc1ccc(N2CCCCC2)c(CNC(C)C)c1Cl. The Kier molecular flexibility index (Phi) is 5.12. The molecule has 1 saturated heterocycles. The van der Waals surface area contributed by atoms with Crippen molar-refractivity contribution >= 4 is 17.3 Å². The van der Waals surface area contributed by atoms with Gasteiger partial charge in [-0.15, -0.1) is 0 Å². The number of halogens is 1. The molecular weight excluding hydrogens is 256 g/mol. The van der Waals surface area contributed by atoms with Crippen molar-refractivity contribution in [3.63, 3.8) is 0 Å². The van der Waals surface area contributed by atoms with Gasteiger partial charge in [0.25, 0.3) is 0 Å².